The minimum absolute atomic E-state index is 0.0118. The van der Waals surface area contributed by atoms with Crippen molar-refractivity contribution in [1.82, 2.24) is 9.80 Å². The SMILES string of the molecule is CCOC(=O)[C@@H]1CCCN(C(=O)CC2=CSC3=NC(C)=C(C(=O)OCc4ccccc4)[C@@H](c4ccccc4F)N23)C1. The number of benzene rings is 2. The van der Waals surface area contributed by atoms with Gasteiger partial charge < -0.3 is 19.3 Å². The number of esters is 2. The molecule has 0 radical (unpaired) electrons. The summed E-state index contributed by atoms with van der Waals surface area (Å²) in [5, 5.41) is 2.38. The Morgan fingerprint density at radius 1 is 1.07 bits per heavy atom. The Labute approximate surface area is 242 Å². The highest BCUT2D eigenvalue weighted by Gasteiger charge is 2.42. The molecule has 0 N–H and O–H groups in total. The van der Waals surface area contributed by atoms with E-state index in [9.17, 15) is 14.4 Å². The Kier molecular flexibility index (Phi) is 8.87. The van der Waals surface area contributed by atoms with Crippen molar-refractivity contribution < 1.29 is 28.2 Å². The van der Waals surface area contributed by atoms with Crippen LogP contribution in [-0.2, 0) is 30.5 Å². The van der Waals surface area contributed by atoms with Crippen LogP contribution in [0.4, 0.5) is 4.39 Å². The molecule has 214 valence electrons. The Morgan fingerprint density at radius 3 is 2.59 bits per heavy atom. The van der Waals surface area contributed by atoms with E-state index in [2.05, 4.69) is 4.99 Å². The zero-order valence-corrected chi connectivity index (χ0v) is 23.9. The van der Waals surface area contributed by atoms with Crippen molar-refractivity contribution >= 4 is 34.8 Å². The molecule has 0 aromatic heterocycles. The van der Waals surface area contributed by atoms with Crippen LogP contribution in [0.5, 0.6) is 0 Å². The molecule has 10 heteroatoms. The average Bonchev–Trinajstić information content (AvgIpc) is 3.38. The number of nitrogens with zero attached hydrogens (tertiary/aromatic N) is 3. The maximum absolute atomic E-state index is 15.3. The zero-order chi connectivity index (χ0) is 28.9. The van der Waals surface area contributed by atoms with Gasteiger partial charge in [-0.25, -0.2) is 14.2 Å². The maximum atomic E-state index is 15.3. The summed E-state index contributed by atoms with van der Waals surface area (Å²) in [4.78, 5) is 47.5. The van der Waals surface area contributed by atoms with Crippen LogP contribution in [0.25, 0.3) is 0 Å². The Hall–Kier alpha value is -3.92. The predicted octanol–water partition coefficient (Wildman–Crippen LogP) is 5.34. The predicted molar refractivity (Wildman–Crippen MR) is 154 cm³/mol. The molecule has 0 spiro atoms. The molecule has 1 amide bonds. The van der Waals surface area contributed by atoms with Crippen molar-refractivity contribution in [2.75, 3.05) is 19.7 Å². The molecule has 0 bridgehead atoms. The molecule has 8 nitrogen and oxygen atoms in total. The number of likely N-dealkylation sites (tertiary alicyclic amines) is 1. The van der Waals surface area contributed by atoms with E-state index in [1.54, 1.807) is 41.8 Å². The molecule has 3 aliphatic rings. The first-order valence-corrected chi connectivity index (χ1v) is 14.6. The summed E-state index contributed by atoms with van der Waals surface area (Å²) in [6, 6.07) is 14.7. The van der Waals surface area contributed by atoms with Crippen LogP contribution in [0.1, 0.15) is 50.3 Å². The molecular weight excluding hydrogens is 545 g/mol. The molecule has 5 rings (SSSR count). The van der Waals surface area contributed by atoms with Gasteiger partial charge in [0.05, 0.1) is 36.3 Å². The monoisotopic (exact) mass is 577 g/mol. The van der Waals surface area contributed by atoms with Crippen LogP contribution in [0.15, 0.2) is 82.0 Å². The number of rotatable bonds is 8. The molecule has 1 fully saturated rings. The third kappa shape index (κ3) is 6.22. The van der Waals surface area contributed by atoms with E-state index < -0.39 is 17.8 Å². The summed E-state index contributed by atoms with van der Waals surface area (Å²) >= 11 is 1.33. The van der Waals surface area contributed by atoms with Gasteiger partial charge in [0, 0.05) is 24.4 Å². The normalized spacial score (nSPS) is 20.3. The van der Waals surface area contributed by atoms with Gasteiger partial charge in [0.2, 0.25) is 5.91 Å². The lowest BCUT2D eigenvalue weighted by molar-refractivity contribution is -0.151. The van der Waals surface area contributed by atoms with Crippen LogP contribution >= 0.6 is 11.8 Å². The quantitative estimate of drug-likeness (QED) is 0.392. The van der Waals surface area contributed by atoms with Gasteiger partial charge >= 0.3 is 11.9 Å². The van der Waals surface area contributed by atoms with E-state index in [0.717, 1.165) is 5.56 Å². The van der Waals surface area contributed by atoms with Gasteiger partial charge in [-0.2, -0.15) is 0 Å². The summed E-state index contributed by atoms with van der Waals surface area (Å²) in [6.07, 6.45) is 1.40. The van der Waals surface area contributed by atoms with Crippen LogP contribution in [0.3, 0.4) is 0 Å². The van der Waals surface area contributed by atoms with Gasteiger partial charge in [-0.3, -0.25) is 9.59 Å². The zero-order valence-electron chi connectivity index (χ0n) is 23.0. The molecular formula is C31H32FN3O5S. The average molecular weight is 578 g/mol. The van der Waals surface area contributed by atoms with Gasteiger partial charge in [-0.05, 0) is 43.7 Å². The fourth-order valence-corrected chi connectivity index (χ4v) is 6.31. The second kappa shape index (κ2) is 12.7. The van der Waals surface area contributed by atoms with Crippen molar-refractivity contribution in [2.45, 2.75) is 45.8 Å². The number of hydrogen-bond acceptors (Lipinski definition) is 8. The second-order valence-electron chi connectivity index (χ2n) is 10.1. The van der Waals surface area contributed by atoms with E-state index in [0.29, 0.717) is 49.1 Å². The molecule has 2 aromatic rings. The number of amides is 1. The van der Waals surface area contributed by atoms with Crippen LogP contribution in [-0.4, -0.2) is 52.5 Å². The number of aliphatic imine (C=N–C) groups is 1. The van der Waals surface area contributed by atoms with Gasteiger partial charge in [-0.1, -0.05) is 60.3 Å². The Balaban J connectivity index is 1.40. The lowest BCUT2D eigenvalue weighted by atomic mass is 9.93. The fraction of sp³-hybridized carbons (Fsp3) is 0.355. The highest BCUT2D eigenvalue weighted by atomic mass is 32.2. The molecule has 2 atom stereocenters. The minimum atomic E-state index is -0.866. The standard InChI is InChI=1S/C31H32FN3O5S/c1-3-39-29(37)22-12-9-15-34(17-22)26(36)16-23-19-41-31-33-20(2)27(30(38)40-18-21-10-5-4-6-11-21)28(35(23)31)24-13-7-8-14-25(24)32/h4-8,10-11,13-14,19,22,28H,3,9,12,15-18H2,1-2H3/t22-,28-/m1/s1. The third-order valence-corrected chi connectivity index (χ3v) is 8.25. The van der Waals surface area contributed by atoms with E-state index in [1.807, 2.05) is 35.7 Å². The van der Waals surface area contributed by atoms with Gasteiger partial charge in [0.1, 0.15) is 12.4 Å². The van der Waals surface area contributed by atoms with Gasteiger partial charge in [0.15, 0.2) is 5.17 Å². The van der Waals surface area contributed by atoms with Crippen molar-refractivity contribution in [3.05, 3.63) is 93.9 Å². The van der Waals surface area contributed by atoms with E-state index in [1.165, 1.54) is 17.8 Å². The number of fused-ring (bicyclic) bond motifs is 1. The fourth-order valence-electron chi connectivity index (χ4n) is 5.35. The van der Waals surface area contributed by atoms with Crippen LogP contribution in [0.2, 0.25) is 0 Å². The van der Waals surface area contributed by atoms with Crippen molar-refractivity contribution in [3.63, 3.8) is 0 Å². The Bertz CT molecular complexity index is 1420. The Morgan fingerprint density at radius 2 is 1.83 bits per heavy atom. The number of hydrogen-bond donors (Lipinski definition) is 0. The molecule has 3 heterocycles. The first-order valence-electron chi connectivity index (χ1n) is 13.7. The van der Waals surface area contributed by atoms with Crippen LogP contribution < -0.4 is 0 Å². The number of ether oxygens (including phenoxy) is 2. The first kappa shape index (κ1) is 28.6. The molecule has 0 aliphatic carbocycles. The lowest BCUT2D eigenvalue weighted by Crippen LogP contribution is -2.44. The van der Waals surface area contributed by atoms with Crippen molar-refractivity contribution in [3.8, 4) is 0 Å². The molecule has 0 unspecified atom stereocenters. The van der Waals surface area contributed by atoms with Crippen LogP contribution in [0, 0.1) is 11.7 Å². The summed E-state index contributed by atoms with van der Waals surface area (Å²) < 4.78 is 26.2. The molecule has 3 aliphatic heterocycles. The highest BCUT2D eigenvalue weighted by molar-refractivity contribution is 8.16. The topological polar surface area (TPSA) is 88.5 Å². The summed E-state index contributed by atoms with van der Waals surface area (Å²) in [6.45, 7) is 4.67. The number of thioether (sulfide) groups is 1. The van der Waals surface area contributed by atoms with E-state index in [-0.39, 0.29) is 42.0 Å². The number of allylic oxidation sites excluding steroid dienone is 1. The van der Waals surface area contributed by atoms with E-state index in [4.69, 9.17) is 9.47 Å². The first-order chi connectivity index (χ1) is 19.9. The lowest BCUT2D eigenvalue weighted by Gasteiger charge is -2.37. The second-order valence-corrected chi connectivity index (χ2v) is 10.9. The largest absolute Gasteiger partial charge is 0.466 e. The third-order valence-electron chi connectivity index (χ3n) is 7.36. The number of halogens is 1. The van der Waals surface area contributed by atoms with Gasteiger partial charge in [0.25, 0.3) is 0 Å². The molecule has 2 aromatic carbocycles. The molecule has 41 heavy (non-hydrogen) atoms. The summed E-state index contributed by atoms with van der Waals surface area (Å²) in [7, 11) is 0. The summed E-state index contributed by atoms with van der Waals surface area (Å²) in [5.41, 5.74) is 2.37. The highest BCUT2D eigenvalue weighted by Crippen LogP contribution is 2.45. The number of carbonyl (C=O) groups is 3. The molecule has 0 saturated carbocycles. The number of amidine groups is 1. The molecule has 1 saturated heterocycles. The smallest absolute Gasteiger partial charge is 0.338 e. The summed E-state index contributed by atoms with van der Waals surface area (Å²) in [5.74, 6) is -1.87. The van der Waals surface area contributed by atoms with Gasteiger partial charge in [-0.15, -0.1) is 0 Å². The number of carbonyl (C=O) groups excluding carboxylic acids is 3. The minimum Gasteiger partial charge on any atom is -0.466 e. The maximum Gasteiger partial charge on any atom is 0.338 e. The van der Waals surface area contributed by atoms with E-state index >= 15 is 4.39 Å². The number of piperidine rings is 1. The van der Waals surface area contributed by atoms with Crippen molar-refractivity contribution in [2.24, 2.45) is 10.9 Å². The van der Waals surface area contributed by atoms with Crippen molar-refractivity contribution in [1.29, 1.82) is 0 Å².